The van der Waals surface area contributed by atoms with Crippen molar-refractivity contribution in [3.8, 4) is 22.9 Å². The molecule has 0 radical (unpaired) electrons. The third kappa shape index (κ3) is 5.36. The van der Waals surface area contributed by atoms with E-state index in [9.17, 15) is 9.59 Å². The molecule has 0 fully saturated rings. The summed E-state index contributed by atoms with van der Waals surface area (Å²) in [6.45, 7) is 7.73. The molecule has 0 bridgehead atoms. The van der Waals surface area contributed by atoms with Crippen LogP contribution in [0.25, 0.3) is 11.4 Å². The van der Waals surface area contributed by atoms with Crippen LogP contribution < -0.4 is 14.8 Å². The standard InChI is InChI=1S/C24H29N5O4/c1-7-19(30)33-21-18(32-6)11-12-25-20(21)24(31)26-15(4)23-27-22(28-29(23)5)17-10-8-9-16(13-17)14(2)3/h8-15H,7H2,1-6H3,(H,26,31)/t15-/m0/s1. The van der Waals surface area contributed by atoms with E-state index in [0.717, 1.165) is 5.56 Å². The number of hydrogen-bond donors (Lipinski definition) is 1. The van der Waals surface area contributed by atoms with Crippen molar-refractivity contribution in [1.82, 2.24) is 25.1 Å². The lowest BCUT2D eigenvalue weighted by atomic mass is 10.0. The molecule has 3 aromatic rings. The molecular weight excluding hydrogens is 422 g/mol. The zero-order chi connectivity index (χ0) is 24.1. The minimum Gasteiger partial charge on any atom is -0.493 e. The fraction of sp³-hybridized carbons (Fsp3) is 0.375. The molecule has 0 aliphatic rings. The Kier molecular flexibility index (Phi) is 7.42. The molecule has 0 aliphatic carbocycles. The minimum atomic E-state index is -0.522. The van der Waals surface area contributed by atoms with E-state index in [1.807, 2.05) is 12.1 Å². The van der Waals surface area contributed by atoms with Gasteiger partial charge in [0.2, 0.25) is 5.75 Å². The Morgan fingerprint density at radius 2 is 1.94 bits per heavy atom. The Labute approximate surface area is 193 Å². The molecule has 2 aromatic heterocycles. The quantitative estimate of drug-likeness (QED) is 0.519. The second kappa shape index (κ2) is 10.2. The van der Waals surface area contributed by atoms with Gasteiger partial charge in [-0.3, -0.25) is 14.3 Å². The highest BCUT2D eigenvalue weighted by Gasteiger charge is 2.24. The van der Waals surface area contributed by atoms with Crippen molar-refractivity contribution in [2.45, 2.75) is 46.1 Å². The zero-order valence-electron chi connectivity index (χ0n) is 19.7. The maximum Gasteiger partial charge on any atom is 0.311 e. The Balaban J connectivity index is 1.85. The van der Waals surface area contributed by atoms with Gasteiger partial charge in [0.05, 0.1) is 13.2 Å². The summed E-state index contributed by atoms with van der Waals surface area (Å²) >= 11 is 0. The van der Waals surface area contributed by atoms with Gasteiger partial charge in [-0.25, -0.2) is 9.97 Å². The average Bonchev–Trinajstić information content (AvgIpc) is 3.20. The summed E-state index contributed by atoms with van der Waals surface area (Å²) in [5.41, 5.74) is 2.06. The number of hydrogen-bond acceptors (Lipinski definition) is 7. The van der Waals surface area contributed by atoms with Crippen LogP contribution in [0.2, 0.25) is 0 Å². The molecule has 33 heavy (non-hydrogen) atoms. The lowest BCUT2D eigenvalue weighted by molar-refractivity contribution is -0.134. The summed E-state index contributed by atoms with van der Waals surface area (Å²) in [5.74, 6) is 0.752. The van der Waals surface area contributed by atoms with Crippen molar-refractivity contribution >= 4 is 11.9 Å². The van der Waals surface area contributed by atoms with Crippen LogP contribution >= 0.6 is 0 Å². The molecule has 1 N–H and O–H groups in total. The number of esters is 1. The number of carbonyl (C=O) groups excluding carboxylic acids is 2. The number of aromatic nitrogens is 4. The summed E-state index contributed by atoms with van der Waals surface area (Å²) in [6.07, 6.45) is 1.57. The van der Waals surface area contributed by atoms with Crippen molar-refractivity contribution in [1.29, 1.82) is 0 Å². The molecular formula is C24H29N5O4. The summed E-state index contributed by atoms with van der Waals surface area (Å²) in [6, 6.07) is 9.13. The highest BCUT2D eigenvalue weighted by Crippen LogP contribution is 2.30. The number of pyridine rings is 1. The lowest BCUT2D eigenvalue weighted by Crippen LogP contribution is -2.30. The van der Waals surface area contributed by atoms with Gasteiger partial charge in [-0.1, -0.05) is 39.0 Å². The van der Waals surface area contributed by atoms with Crippen LogP contribution in [-0.2, 0) is 11.8 Å². The second-order valence-electron chi connectivity index (χ2n) is 7.91. The fourth-order valence-corrected chi connectivity index (χ4v) is 3.30. The monoisotopic (exact) mass is 451 g/mol. The number of rotatable bonds is 8. The summed E-state index contributed by atoms with van der Waals surface area (Å²) in [7, 11) is 3.21. The predicted octanol–water partition coefficient (Wildman–Crippen LogP) is 3.82. The Morgan fingerprint density at radius 1 is 1.18 bits per heavy atom. The molecule has 1 aromatic carbocycles. The fourth-order valence-electron chi connectivity index (χ4n) is 3.30. The van der Waals surface area contributed by atoms with Gasteiger partial charge in [0.1, 0.15) is 5.82 Å². The summed E-state index contributed by atoms with van der Waals surface area (Å²) < 4.78 is 12.2. The highest BCUT2D eigenvalue weighted by molar-refractivity contribution is 5.96. The maximum atomic E-state index is 13.0. The number of aryl methyl sites for hydroxylation is 1. The van der Waals surface area contributed by atoms with Crippen LogP contribution in [0, 0.1) is 0 Å². The molecule has 1 atom stereocenters. The molecule has 3 rings (SSSR count). The van der Waals surface area contributed by atoms with Crippen LogP contribution in [0.5, 0.6) is 11.5 Å². The van der Waals surface area contributed by atoms with E-state index in [4.69, 9.17) is 9.47 Å². The first kappa shape index (κ1) is 23.9. The number of nitrogens with one attached hydrogen (secondary N) is 1. The van der Waals surface area contributed by atoms with Crippen molar-refractivity contribution < 1.29 is 19.1 Å². The van der Waals surface area contributed by atoms with Gasteiger partial charge in [-0.05, 0) is 24.5 Å². The Bertz CT molecular complexity index is 1160. The van der Waals surface area contributed by atoms with Gasteiger partial charge in [0.25, 0.3) is 5.91 Å². The molecule has 9 nitrogen and oxygen atoms in total. The van der Waals surface area contributed by atoms with Crippen LogP contribution in [-0.4, -0.2) is 38.7 Å². The van der Waals surface area contributed by atoms with Crippen molar-refractivity contribution in [2.75, 3.05) is 7.11 Å². The van der Waals surface area contributed by atoms with Gasteiger partial charge in [-0.15, -0.1) is 0 Å². The van der Waals surface area contributed by atoms with E-state index < -0.39 is 17.9 Å². The number of ether oxygens (including phenoxy) is 2. The van der Waals surface area contributed by atoms with Crippen LogP contribution in [0.15, 0.2) is 36.5 Å². The first-order chi connectivity index (χ1) is 15.7. The Hall–Kier alpha value is -3.75. The van der Waals surface area contributed by atoms with Crippen LogP contribution in [0.3, 0.4) is 0 Å². The van der Waals surface area contributed by atoms with Crippen LogP contribution in [0.1, 0.15) is 68.0 Å². The smallest absolute Gasteiger partial charge is 0.311 e. The average molecular weight is 452 g/mol. The van der Waals surface area contributed by atoms with E-state index in [-0.39, 0.29) is 23.6 Å². The van der Waals surface area contributed by atoms with E-state index in [2.05, 4.69) is 46.4 Å². The minimum absolute atomic E-state index is 0.0132. The number of amides is 1. The third-order valence-electron chi connectivity index (χ3n) is 5.15. The molecule has 1 amide bonds. The third-order valence-corrected chi connectivity index (χ3v) is 5.15. The van der Waals surface area contributed by atoms with Gasteiger partial charge in [0, 0.05) is 31.3 Å². The molecule has 0 saturated carbocycles. The molecule has 0 spiro atoms. The van der Waals surface area contributed by atoms with Crippen molar-refractivity contribution in [3.63, 3.8) is 0 Å². The molecule has 0 unspecified atom stereocenters. The first-order valence-corrected chi connectivity index (χ1v) is 10.8. The summed E-state index contributed by atoms with van der Waals surface area (Å²) in [4.78, 5) is 33.6. The van der Waals surface area contributed by atoms with Crippen molar-refractivity contribution in [2.24, 2.45) is 7.05 Å². The maximum absolute atomic E-state index is 13.0. The van der Waals surface area contributed by atoms with Gasteiger partial charge >= 0.3 is 5.97 Å². The molecule has 0 saturated heterocycles. The number of benzene rings is 1. The zero-order valence-corrected chi connectivity index (χ0v) is 19.7. The van der Waals surface area contributed by atoms with E-state index in [1.165, 1.54) is 24.9 Å². The van der Waals surface area contributed by atoms with E-state index >= 15 is 0 Å². The SMILES string of the molecule is CCC(=O)Oc1c(OC)ccnc1C(=O)N[C@@H](C)c1nc(-c2cccc(C(C)C)c2)nn1C. The molecule has 2 heterocycles. The molecule has 9 heteroatoms. The predicted molar refractivity (Wildman–Crippen MR) is 123 cm³/mol. The number of nitrogens with zero attached hydrogens (tertiary/aromatic N) is 4. The Morgan fingerprint density at radius 3 is 2.61 bits per heavy atom. The van der Waals surface area contributed by atoms with Gasteiger partial charge in [-0.2, -0.15) is 5.10 Å². The van der Waals surface area contributed by atoms with Gasteiger partial charge in [0.15, 0.2) is 17.3 Å². The normalized spacial score (nSPS) is 11.8. The topological polar surface area (TPSA) is 108 Å². The highest BCUT2D eigenvalue weighted by atomic mass is 16.6. The lowest BCUT2D eigenvalue weighted by Gasteiger charge is -2.15. The first-order valence-electron chi connectivity index (χ1n) is 10.8. The van der Waals surface area contributed by atoms with Gasteiger partial charge < -0.3 is 14.8 Å². The van der Waals surface area contributed by atoms with Crippen LogP contribution in [0.4, 0.5) is 0 Å². The summed E-state index contributed by atoms with van der Waals surface area (Å²) in [5, 5.41) is 7.39. The van der Waals surface area contributed by atoms with Crippen molar-refractivity contribution in [3.05, 3.63) is 53.6 Å². The molecule has 174 valence electrons. The van der Waals surface area contributed by atoms with E-state index in [1.54, 1.807) is 25.6 Å². The molecule has 0 aliphatic heterocycles. The number of carbonyl (C=O) groups is 2. The second-order valence-corrected chi connectivity index (χ2v) is 7.91. The number of methoxy groups -OCH3 is 1. The largest absolute Gasteiger partial charge is 0.493 e. The van der Waals surface area contributed by atoms with E-state index in [0.29, 0.717) is 17.6 Å².